The first kappa shape index (κ1) is 9.35. The number of aromatic nitrogens is 2. The van der Waals surface area contributed by atoms with Crippen molar-refractivity contribution in [1.82, 2.24) is 9.36 Å². The fourth-order valence-electron chi connectivity index (χ4n) is 1.78. The average molecular weight is 231 g/mol. The van der Waals surface area contributed by atoms with Gasteiger partial charge in [-0.1, -0.05) is 18.2 Å². The molecule has 0 aliphatic rings. The third kappa shape index (κ3) is 1.29. The zero-order valence-corrected chi connectivity index (χ0v) is 9.41. The van der Waals surface area contributed by atoms with Crippen molar-refractivity contribution in [3.63, 3.8) is 0 Å². The summed E-state index contributed by atoms with van der Waals surface area (Å²) >= 11 is 1.19. The van der Waals surface area contributed by atoms with Gasteiger partial charge in [0.1, 0.15) is 11.3 Å². The molecule has 0 bridgehead atoms. The summed E-state index contributed by atoms with van der Waals surface area (Å²) in [5.74, 6) is 1.46. The van der Waals surface area contributed by atoms with E-state index in [9.17, 15) is 0 Å². The van der Waals surface area contributed by atoms with Gasteiger partial charge in [-0.05, 0) is 13.0 Å². The van der Waals surface area contributed by atoms with Crippen LogP contribution >= 0.6 is 11.5 Å². The van der Waals surface area contributed by atoms with E-state index in [4.69, 9.17) is 10.2 Å². The first-order valence-corrected chi connectivity index (χ1v) is 5.61. The molecule has 0 fully saturated rings. The number of fused-ring (bicyclic) bond motifs is 1. The number of benzene rings is 1. The van der Waals surface area contributed by atoms with E-state index in [0.29, 0.717) is 11.0 Å². The van der Waals surface area contributed by atoms with E-state index in [-0.39, 0.29) is 0 Å². The Kier molecular flexibility index (Phi) is 1.94. The molecule has 2 heterocycles. The summed E-state index contributed by atoms with van der Waals surface area (Å²) in [4.78, 5) is 4.19. The van der Waals surface area contributed by atoms with Crippen LogP contribution in [0.3, 0.4) is 0 Å². The molecule has 0 saturated carbocycles. The molecule has 0 amide bonds. The van der Waals surface area contributed by atoms with Gasteiger partial charge in [0.15, 0.2) is 11.0 Å². The minimum absolute atomic E-state index is 0.472. The molecule has 0 unspecified atom stereocenters. The highest BCUT2D eigenvalue weighted by Crippen LogP contribution is 2.33. The lowest BCUT2D eigenvalue weighted by Gasteiger charge is -1.91. The van der Waals surface area contributed by atoms with Gasteiger partial charge < -0.3 is 10.2 Å². The van der Waals surface area contributed by atoms with E-state index >= 15 is 0 Å². The van der Waals surface area contributed by atoms with Gasteiger partial charge in [0.2, 0.25) is 0 Å². The van der Waals surface area contributed by atoms with Crippen molar-refractivity contribution in [3.8, 4) is 11.4 Å². The van der Waals surface area contributed by atoms with Gasteiger partial charge >= 0.3 is 0 Å². The van der Waals surface area contributed by atoms with E-state index in [2.05, 4.69) is 9.36 Å². The molecule has 3 rings (SSSR count). The minimum atomic E-state index is 0.472. The quantitative estimate of drug-likeness (QED) is 0.699. The number of para-hydroxylation sites is 1. The van der Waals surface area contributed by atoms with Crippen molar-refractivity contribution in [1.29, 1.82) is 0 Å². The van der Waals surface area contributed by atoms with Crippen LogP contribution in [0.5, 0.6) is 0 Å². The summed E-state index contributed by atoms with van der Waals surface area (Å²) in [6.45, 7) is 1.91. The smallest absolute Gasteiger partial charge is 0.200 e. The van der Waals surface area contributed by atoms with Crippen LogP contribution in [0.25, 0.3) is 22.4 Å². The lowest BCUT2D eigenvalue weighted by Crippen LogP contribution is -1.84. The molecule has 80 valence electrons. The first-order chi connectivity index (χ1) is 7.75. The molecule has 0 saturated heterocycles. The van der Waals surface area contributed by atoms with Crippen molar-refractivity contribution >= 4 is 27.6 Å². The van der Waals surface area contributed by atoms with Gasteiger partial charge in [-0.15, -0.1) is 0 Å². The number of nitrogens with zero attached hydrogens (tertiary/aromatic N) is 2. The monoisotopic (exact) mass is 231 g/mol. The van der Waals surface area contributed by atoms with Crippen LogP contribution in [-0.2, 0) is 0 Å². The van der Waals surface area contributed by atoms with Crippen LogP contribution in [0.1, 0.15) is 5.76 Å². The Morgan fingerprint density at radius 2 is 2.12 bits per heavy atom. The van der Waals surface area contributed by atoms with E-state index < -0.39 is 0 Å². The SMILES string of the molecule is Cc1oc2ccccc2c1-c1nsc(N)n1. The van der Waals surface area contributed by atoms with Crippen molar-refractivity contribution in [3.05, 3.63) is 30.0 Å². The number of nitrogens with two attached hydrogens (primary N) is 1. The van der Waals surface area contributed by atoms with E-state index in [1.807, 2.05) is 31.2 Å². The zero-order chi connectivity index (χ0) is 11.1. The molecule has 0 aliphatic carbocycles. The molecule has 2 N–H and O–H groups in total. The number of anilines is 1. The van der Waals surface area contributed by atoms with E-state index in [0.717, 1.165) is 22.3 Å². The third-order valence-electron chi connectivity index (χ3n) is 2.44. The fraction of sp³-hybridized carbons (Fsp3) is 0.0909. The fourth-order valence-corrected chi connectivity index (χ4v) is 2.22. The predicted octanol–water partition coefficient (Wildman–Crippen LogP) is 2.84. The maximum atomic E-state index is 5.65. The molecule has 0 spiro atoms. The Labute approximate surface area is 95.9 Å². The molecule has 1 aromatic carbocycles. The number of hydrogen-bond donors (Lipinski definition) is 1. The molecule has 0 radical (unpaired) electrons. The maximum absolute atomic E-state index is 5.65. The van der Waals surface area contributed by atoms with Crippen LogP contribution in [0, 0.1) is 6.92 Å². The summed E-state index contributed by atoms with van der Waals surface area (Å²) in [6.07, 6.45) is 0. The number of nitrogen functional groups attached to an aromatic ring is 1. The highest BCUT2D eigenvalue weighted by atomic mass is 32.1. The van der Waals surface area contributed by atoms with Crippen molar-refractivity contribution < 1.29 is 4.42 Å². The van der Waals surface area contributed by atoms with Crippen LogP contribution in [-0.4, -0.2) is 9.36 Å². The van der Waals surface area contributed by atoms with Crippen molar-refractivity contribution in [2.45, 2.75) is 6.92 Å². The first-order valence-electron chi connectivity index (χ1n) is 4.83. The molecule has 0 aliphatic heterocycles. The Balaban J connectivity index is 2.34. The van der Waals surface area contributed by atoms with Gasteiger partial charge in [-0.2, -0.15) is 9.36 Å². The third-order valence-corrected chi connectivity index (χ3v) is 2.98. The number of furan rings is 1. The van der Waals surface area contributed by atoms with Crippen LogP contribution in [0.2, 0.25) is 0 Å². The molecule has 16 heavy (non-hydrogen) atoms. The largest absolute Gasteiger partial charge is 0.461 e. The van der Waals surface area contributed by atoms with Crippen LogP contribution < -0.4 is 5.73 Å². The molecule has 0 atom stereocenters. The number of hydrogen-bond acceptors (Lipinski definition) is 5. The second-order valence-electron chi connectivity index (χ2n) is 3.49. The normalized spacial score (nSPS) is 11.1. The standard InChI is InChI=1S/C11H9N3OS/c1-6-9(10-13-11(12)16-14-10)7-4-2-3-5-8(7)15-6/h2-5H,1H3,(H2,12,13,14). The van der Waals surface area contributed by atoms with Crippen molar-refractivity contribution in [2.24, 2.45) is 0 Å². The predicted molar refractivity (Wildman–Crippen MR) is 64.3 cm³/mol. The Bertz CT molecular complexity index is 656. The van der Waals surface area contributed by atoms with E-state index in [1.54, 1.807) is 0 Å². The maximum Gasteiger partial charge on any atom is 0.200 e. The summed E-state index contributed by atoms with van der Waals surface area (Å²) in [5.41, 5.74) is 7.38. The Hall–Kier alpha value is -1.88. The second kappa shape index (κ2) is 3.31. The van der Waals surface area contributed by atoms with Gasteiger partial charge in [0.25, 0.3) is 0 Å². The highest BCUT2D eigenvalue weighted by Gasteiger charge is 2.15. The number of aryl methyl sites for hydroxylation is 1. The Morgan fingerprint density at radius 3 is 2.88 bits per heavy atom. The molecule has 3 aromatic rings. The molecule has 5 heteroatoms. The van der Waals surface area contributed by atoms with Gasteiger partial charge in [-0.3, -0.25) is 0 Å². The summed E-state index contributed by atoms with van der Waals surface area (Å²) in [6, 6.07) is 7.84. The Morgan fingerprint density at radius 1 is 1.31 bits per heavy atom. The van der Waals surface area contributed by atoms with Gasteiger partial charge in [-0.25, -0.2) is 0 Å². The van der Waals surface area contributed by atoms with Gasteiger partial charge in [0.05, 0.1) is 5.56 Å². The number of rotatable bonds is 1. The average Bonchev–Trinajstić information content (AvgIpc) is 2.80. The lowest BCUT2D eigenvalue weighted by molar-refractivity contribution is 0.579. The van der Waals surface area contributed by atoms with Gasteiger partial charge in [0, 0.05) is 16.9 Å². The van der Waals surface area contributed by atoms with E-state index in [1.165, 1.54) is 11.5 Å². The van der Waals surface area contributed by atoms with Crippen LogP contribution in [0.4, 0.5) is 5.13 Å². The topological polar surface area (TPSA) is 64.9 Å². The zero-order valence-electron chi connectivity index (χ0n) is 8.60. The molecule has 4 nitrogen and oxygen atoms in total. The minimum Gasteiger partial charge on any atom is -0.461 e. The summed E-state index contributed by atoms with van der Waals surface area (Å²) in [5, 5.41) is 1.50. The van der Waals surface area contributed by atoms with Crippen molar-refractivity contribution in [2.75, 3.05) is 5.73 Å². The molecule has 2 aromatic heterocycles. The summed E-state index contributed by atoms with van der Waals surface area (Å²) < 4.78 is 9.86. The van der Waals surface area contributed by atoms with Crippen LogP contribution in [0.15, 0.2) is 28.7 Å². The highest BCUT2D eigenvalue weighted by molar-refractivity contribution is 7.09. The molecular weight excluding hydrogens is 222 g/mol. The second-order valence-corrected chi connectivity index (χ2v) is 4.27. The molecular formula is C11H9N3OS. The summed E-state index contributed by atoms with van der Waals surface area (Å²) in [7, 11) is 0. The lowest BCUT2D eigenvalue weighted by atomic mass is 10.1.